The average Bonchev–Trinajstić information content (AvgIpc) is 2.21. The van der Waals surface area contributed by atoms with Gasteiger partial charge in [-0.2, -0.15) is 0 Å². The fourth-order valence-electron chi connectivity index (χ4n) is 1.26. The van der Waals surface area contributed by atoms with Crippen molar-refractivity contribution in [2.45, 2.75) is 19.8 Å². The summed E-state index contributed by atoms with van der Waals surface area (Å²) in [7, 11) is 0. The Balaban J connectivity index is 2.29. The molecule has 1 atom stereocenters. The van der Waals surface area contributed by atoms with E-state index in [9.17, 15) is 0 Å². The van der Waals surface area contributed by atoms with Gasteiger partial charge in [0.15, 0.2) is 0 Å². The quantitative estimate of drug-likeness (QED) is 0.688. The monoisotopic (exact) mass is 334 g/mol. The third kappa shape index (κ3) is 5.03. The van der Waals surface area contributed by atoms with Crippen LogP contribution in [0.25, 0.3) is 0 Å². The van der Waals surface area contributed by atoms with E-state index in [0.29, 0.717) is 5.92 Å². The summed E-state index contributed by atoms with van der Waals surface area (Å²) in [6.07, 6.45) is 2.31. The van der Waals surface area contributed by atoms with Gasteiger partial charge in [0, 0.05) is 5.33 Å². The maximum atomic E-state index is 5.69. The number of para-hydroxylation sites is 1. The lowest BCUT2D eigenvalue weighted by Gasteiger charge is -2.11. The predicted octanol–water partition coefficient (Wildman–Crippen LogP) is 4.64. The zero-order valence-electron chi connectivity index (χ0n) is 8.88. The highest BCUT2D eigenvalue weighted by Gasteiger charge is 2.03. The van der Waals surface area contributed by atoms with Crippen LogP contribution in [-0.2, 0) is 0 Å². The predicted molar refractivity (Wildman–Crippen MR) is 71.8 cm³/mol. The van der Waals surface area contributed by atoms with Crippen molar-refractivity contribution in [3.05, 3.63) is 28.7 Å². The van der Waals surface area contributed by atoms with Gasteiger partial charge in [-0.3, -0.25) is 0 Å². The minimum Gasteiger partial charge on any atom is -0.492 e. The molecule has 0 aliphatic carbocycles. The van der Waals surface area contributed by atoms with Crippen LogP contribution in [0.4, 0.5) is 0 Å². The fourth-order valence-corrected chi connectivity index (χ4v) is 2.44. The molecule has 0 saturated carbocycles. The first-order valence-corrected chi connectivity index (χ1v) is 7.08. The van der Waals surface area contributed by atoms with Gasteiger partial charge in [-0.25, -0.2) is 0 Å². The molecule has 84 valence electrons. The molecule has 0 aliphatic rings. The van der Waals surface area contributed by atoms with Gasteiger partial charge in [0.2, 0.25) is 0 Å². The van der Waals surface area contributed by atoms with Crippen LogP contribution < -0.4 is 4.74 Å². The Morgan fingerprint density at radius 2 is 2.00 bits per heavy atom. The Morgan fingerprint density at radius 3 is 2.67 bits per heavy atom. The van der Waals surface area contributed by atoms with E-state index >= 15 is 0 Å². The molecule has 0 aliphatic heterocycles. The van der Waals surface area contributed by atoms with Gasteiger partial charge in [0.1, 0.15) is 5.75 Å². The number of alkyl halides is 1. The van der Waals surface area contributed by atoms with E-state index in [1.165, 1.54) is 6.42 Å². The summed E-state index contributed by atoms with van der Waals surface area (Å²) in [6, 6.07) is 7.96. The van der Waals surface area contributed by atoms with E-state index in [2.05, 4.69) is 38.8 Å². The zero-order chi connectivity index (χ0) is 11.1. The summed E-state index contributed by atoms with van der Waals surface area (Å²) < 4.78 is 6.72. The van der Waals surface area contributed by atoms with Crippen molar-refractivity contribution >= 4 is 31.9 Å². The lowest BCUT2D eigenvalue weighted by molar-refractivity contribution is 0.281. The van der Waals surface area contributed by atoms with Crippen LogP contribution in [0.1, 0.15) is 19.8 Å². The number of hydrogen-bond donors (Lipinski definition) is 0. The van der Waals surface area contributed by atoms with E-state index in [-0.39, 0.29) is 0 Å². The highest BCUT2D eigenvalue weighted by Crippen LogP contribution is 2.24. The van der Waals surface area contributed by atoms with E-state index in [4.69, 9.17) is 4.74 Å². The van der Waals surface area contributed by atoms with E-state index in [0.717, 1.165) is 28.6 Å². The molecule has 0 N–H and O–H groups in total. The molecular formula is C12H16Br2O. The molecule has 1 aromatic carbocycles. The van der Waals surface area contributed by atoms with Crippen LogP contribution in [0, 0.1) is 5.92 Å². The first kappa shape index (κ1) is 13.0. The van der Waals surface area contributed by atoms with Crippen molar-refractivity contribution in [2.24, 2.45) is 5.92 Å². The normalized spacial score (nSPS) is 12.5. The molecule has 15 heavy (non-hydrogen) atoms. The van der Waals surface area contributed by atoms with Crippen molar-refractivity contribution < 1.29 is 4.74 Å². The molecule has 0 radical (unpaired) electrons. The van der Waals surface area contributed by atoms with Gasteiger partial charge in [-0.05, 0) is 46.8 Å². The smallest absolute Gasteiger partial charge is 0.133 e. The lowest BCUT2D eigenvalue weighted by Crippen LogP contribution is -2.04. The van der Waals surface area contributed by atoms with Gasteiger partial charge in [-0.1, -0.05) is 35.0 Å². The molecule has 0 saturated heterocycles. The highest BCUT2D eigenvalue weighted by molar-refractivity contribution is 9.10. The largest absolute Gasteiger partial charge is 0.492 e. The van der Waals surface area contributed by atoms with Crippen LogP contribution in [0.5, 0.6) is 5.75 Å². The number of rotatable bonds is 6. The van der Waals surface area contributed by atoms with Crippen molar-refractivity contribution in [1.82, 2.24) is 0 Å². The molecular weight excluding hydrogens is 320 g/mol. The molecule has 1 rings (SSSR count). The Hall–Kier alpha value is -0.0200. The van der Waals surface area contributed by atoms with Crippen molar-refractivity contribution in [3.63, 3.8) is 0 Å². The van der Waals surface area contributed by atoms with Crippen LogP contribution in [0.2, 0.25) is 0 Å². The Labute approximate surface area is 108 Å². The third-order valence-corrected chi connectivity index (χ3v) is 3.42. The maximum Gasteiger partial charge on any atom is 0.133 e. The summed E-state index contributed by atoms with van der Waals surface area (Å²) in [5.74, 6) is 1.65. The van der Waals surface area contributed by atoms with Gasteiger partial charge >= 0.3 is 0 Å². The van der Waals surface area contributed by atoms with Crippen LogP contribution in [0.15, 0.2) is 28.7 Å². The molecule has 0 spiro atoms. The van der Waals surface area contributed by atoms with Crippen molar-refractivity contribution in [1.29, 1.82) is 0 Å². The third-order valence-electron chi connectivity index (χ3n) is 2.31. The Kier molecular flexibility index (Phi) is 6.34. The number of ether oxygens (including phenoxy) is 1. The minimum atomic E-state index is 0.715. The molecule has 0 heterocycles. The summed E-state index contributed by atoms with van der Waals surface area (Å²) >= 11 is 6.91. The molecule has 0 amide bonds. The number of hydrogen-bond acceptors (Lipinski definition) is 1. The molecule has 1 nitrogen and oxygen atoms in total. The van der Waals surface area contributed by atoms with E-state index in [1.54, 1.807) is 0 Å². The zero-order valence-corrected chi connectivity index (χ0v) is 12.1. The van der Waals surface area contributed by atoms with Gasteiger partial charge in [-0.15, -0.1) is 0 Å². The van der Waals surface area contributed by atoms with Crippen molar-refractivity contribution in [3.8, 4) is 5.75 Å². The van der Waals surface area contributed by atoms with Crippen molar-refractivity contribution in [2.75, 3.05) is 11.9 Å². The standard InChI is InChI=1S/C12H16Br2O/c1-10(6-8-13)7-9-15-12-5-3-2-4-11(12)14/h2-5,10H,6-9H2,1H3. The molecule has 0 aromatic heterocycles. The summed E-state index contributed by atoms with van der Waals surface area (Å²) in [5.41, 5.74) is 0. The molecule has 3 heteroatoms. The Bertz CT molecular complexity index is 289. The van der Waals surface area contributed by atoms with Gasteiger partial charge in [0.05, 0.1) is 11.1 Å². The minimum absolute atomic E-state index is 0.715. The van der Waals surface area contributed by atoms with Gasteiger partial charge < -0.3 is 4.74 Å². The average molecular weight is 336 g/mol. The second kappa shape index (κ2) is 7.29. The summed E-state index contributed by atoms with van der Waals surface area (Å²) in [4.78, 5) is 0. The maximum absolute atomic E-state index is 5.69. The molecule has 1 unspecified atom stereocenters. The second-order valence-electron chi connectivity index (χ2n) is 3.65. The number of benzene rings is 1. The van der Waals surface area contributed by atoms with E-state index < -0.39 is 0 Å². The van der Waals surface area contributed by atoms with Crippen LogP contribution in [-0.4, -0.2) is 11.9 Å². The molecule has 0 bridgehead atoms. The van der Waals surface area contributed by atoms with Gasteiger partial charge in [0.25, 0.3) is 0 Å². The summed E-state index contributed by atoms with van der Waals surface area (Å²) in [5, 5.41) is 1.07. The second-order valence-corrected chi connectivity index (χ2v) is 5.30. The number of halogens is 2. The molecule has 1 aromatic rings. The van der Waals surface area contributed by atoms with E-state index in [1.807, 2.05) is 24.3 Å². The first-order valence-electron chi connectivity index (χ1n) is 5.17. The topological polar surface area (TPSA) is 9.23 Å². The first-order chi connectivity index (χ1) is 7.24. The fraction of sp³-hybridized carbons (Fsp3) is 0.500. The Morgan fingerprint density at radius 1 is 1.27 bits per heavy atom. The van der Waals surface area contributed by atoms with Crippen LogP contribution >= 0.6 is 31.9 Å². The highest BCUT2D eigenvalue weighted by atomic mass is 79.9. The summed E-state index contributed by atoms with van der Waals surface area (Å²) in [6.45, 7) is 3.04. The van der Waals surface area contributed by atoms with Crippen LogP contribution in [0.3, 0.4) is 0 Å². The molecule has 0 fully saturated rings. The lowest BCUT2D eigenvalue weighted by atomic mass is 10.1. The SMILES string of the molecule is CC(CCBr)CCOc1ccccc1Br.